The molecule has 2 rings (SSSR count). The van der Waals surface area contributed by atoms with Gasteiger partial charge < -0.3 is 18.9 Å². The fourth-order valence-corrected chi connectivity index (χ4v) is 2.75. The maximum atomic E-state index is 11.2. The van der Waals surface area contributed by atoms with E-state index in [9.17, 15) is 9.59 Å². The predicted molar refractivity (Wildman–Crippen MR) is 69.2 cm³/mol. The monoisotopic (exact) mass is 286 g/mol. The summed E-state index contributed by atoms with van der Waals surface area (Å²) in [6.07, 6.45) is 1.64. The van der Waals surface area contributed by atoms with E-state index in [0.717, 1.165) is 12.8 Å². The molecule has 6 nitrogen and oxygen atoms in total. The molecule has 2 saturated heterocycles. The van der Waals surface area contributed by atoms with Crippen LogP contribution >= 0.6 is 0 Å². The number of hydrogen-bond acceptors (Lipinski definition) is 6. The number of carbonyl (C=O) groups excluding carboxylic acids is 2. The quantitative estimate of drug-likeness (QED) is 0.724. The zero-order chi connectivity index (χ0) is 14.5. The average Bonchev–Trinajstić information content (AvgIpc) is 2.45. The SMILES string of the molecule is CCC1COC(=O)OC1CCC1OC(=O)OCC1CC. The van der Waals surface area contributed by atoms with Gasteiger partial charge in [0.05, 0.1) is 0 Å². The molecule has 0 aromatic carbocycles. The summed E-state index contributed by atoms with van der Waals surface area (Å²) in [5.74, 6) is 0.423. The van der Waals surface area contributed by atoms with Gasteiger partial charge in [0.1, 0.15) is 25.4 Å². The minimum absolute atomic E-state index is 0.152. The second kappa shape index (κ2) is 6.81. The molecule has 2 aliphatic heterocycles. The van der Waals surface area contributed by atoms with E-state index in [-0.39, 0.29) is 24.0 Å². The van der Waals surface area contributed by atoms with E-state index in [1.54, 1.807) is 0 Å². The van der Waals surface area contributed by atoms with Crippen molar-refractivity contribution in [3.8, 4) is 0 Å². The molecule has 6 heteroatoms. The fourth-order valence-electron chi connectivity index (χ4n) is 2.75. The van der Waals surface area contributed by atoms with Gasteiger partial charge in [-0.3, -0.25) is 0 Å². The van der Waals surface area contributed by atoms with Crippen molar-refractivity contribution in [1.29, 1.82) is 0 Å². The van der Waals surface area contributed by atoms with Gasteiger partial charge in [0.15, 0.2) is 0 Å². The predicted octanol–water partition coefficient (Wildman–Crippen LogP) is 2.89. The Balaban J connectivity index is 1.88. The minimum atomic E-state index is -0.601. The molecule has 0 aromatic heterocycles. The second-order valence-corrected chi connectivity index (χ2v) is 5.35. The highest BCUT2D eigenvalue weighted by Crippen LogP contribution is 2.28. The van der Waals surface area contributed by atoms with Crippen LogP contribution in [0.1, 0.15) is 39.5 Å². The maximum Gasteiger partial charge on any atom is 0.508 e. The number of hydrogen-bond donors (Lipinski definition) is 0. The second-order valence-electron chi connectivity index (χ2n) is 5.35. The van der Waals surface area contributed by atoms with Gasteiger partial charge in [0, 0.05) is 11.8 Å². The average molecular weight is 286 g/mol. The van der Waals surface area contributed by atoms with Crippen LogP contribution in [-0.2, 0) is 18.9 Å². The first-order chi connectivity index (χ1) is 9.63. The van der Waals surface area contributed by atoms with Gasteiger partial charge in [-0.05, 0) is 25.7 Å². The largest absolute Gasteiger partial charge is 0.508 e. The Labute approximate surface area is 118 Å². The van der Waals surface area contributed by atoms with Crippen molar-refractivity contribution in [2.45, 2.75) is 51.7 Å². The van der Waals surface area contributed by atoms with Crippen molar-refractivity contribution in [1.82, 2.24) is 0 Å². The summed E-state index contributed by atoms with van der Waals surface area (Å²) in [5.41, 5.74) is 0. The summed E-state index contributed by atoms with van der Waals surface area (Å²) in [6, 6.07) is 0. The third-order valence-electron chi connectivity index (χ3n) is 4.16. The highest BCUT2D eigenvalue weighted by atomic mass is 16.7. The molecule has 4 unspecified atom stereocenters. The number of cyclic esters (lactones) is 4. The first kappa shape index (κ1) is 14.9. The third-order valence-corrected chi connectivity index (χ3v) is 4.16. The molecule has 0 aliphatic carbocycles. The molecule has 0 aromatic rings. The van der Waals surface area contributed by atoms with Gasteiger partial charge in [-0.15, -0.1) is 0 Å². The van der Waals surface area contributed by atoms with Crippen LogP contribution in [0.2, 0.25) is 0 Å². The molecule has 2 heterocycles. The molecule has 2 fully saturated rings. The normalized spacial score (nSPS) is 33.7. The van der Waals surface area contributed by atoms with Crippen molar-refractivity contribution in [2.75, 3.05) is 13.2 Å². The number of carbonyl (C=O) groups is 2. The van der Waals surface area contributed by atoms with Crippen LogP contribution < -0.4 is 0 Å². The van der Waals surface area contributed by atoms with Gasteiger partial charge in [0.2, 0.25) is 0 Å². The highest BCUT2D eigenvalue weighted by Gasteiger charge is 2.35. The lowest BCUT2D eigenvalue weighted by molar-refractivity contribution is -0.0847. The van der Waals surface area contributed by atoms with E-state index >= 15 is 0 Å². The minimum Gasteiger partial charge on any atom is -0.434 e. The summed E-state index contributed by atoms with van der Waals surface area (Å²) in [7, 11) is 0. The van der Waals surface area contributed by atoms with Crippen LogP contribution in [0.4, 0.5) is 9.59 Å². The van der Waals surface area contributed by atoms with E-state index in [4.69, 9.17) is 18.9 Å². The number of rotatable bonds is 5. The molecular weight excluding hydrogens is 264 g/mol. The van der Waals surface area contributed by atoms with Crippen molar-refractivity contribution in [3.05, 3.63) is 0 Å². The molecular formula is C14H22O6. The van der Waals surface area contributed by atoms with Crippen LogP contribution in [0.25, 0.3) is 0 Å². The van der Waals surface area contributed by atoms with Gasteiger partial charge in [-0.25, -0.2) is 9.59 Å². The van der Waals surface area contributed by atoms with Crippen molar-refractivity contribution in [2.24, 2.45) is 11.8 Å². The Morgan fingerprint density at radius 2 is 1.25 bits per heavy atom. The Bertz CT molecular complexity index is 322. The van der Waals surface area contributed by atoms with Crippen LogP contribution in [-0.4, -0.2) is 37.7 Å². The van der Waals surface area contributed by atoms with Crippen molar-refractivity contribution >= 4 is 12.3 Å². The van der Waals surface area contributed by atoms with E-state index in [1.807, 2.05) is 13.8 Å². The topological polar surface area (TPSA) is 71.1 Å². The summed E-state index contributed by atoms with van der Waals surface area (Å²) in [6.45, 7) is 4.91. The van der Waals surface area contributed by atoms with Crippen LogP contribution in [0.5, 0.6) is 0 Å². The lowest BCUT2D eigenvalue weighted by Gasteiger charge is -2.33. The molecule has 0 radical (unpaired) electrons. The van der Waals surface area contributed by atoms with Crippen LogP contribution in [0.3, 0.4) is 0 Å². The van der Waals surface area contributed by atoms with Gasteiger partial charge in [0.25, 0.3) is 0 Å². The van der Waals surface area contributed by atoms with E-state index in [1.165, 1.54) is 0 Å². The number of ether oxygens (including phenoxy) is 4. The lowest BCUT2D eigenvalue weighted by Crippen LogP contribution is -2.40. The summed E-state index contributed by atoms with van der Waals surface area (Å²) in [5, 5.41) is 0. The molecule has 2 aliphatic rings. The zero-order valence-electron chi connectivity index (χ0n) is 12.0. The van der Waals surface area contributed by atoms with Gasteiger partial charge in [-0.1, -0.05) is 13.8 Å². The summed E-state index contributed by atoms with van der Waals surface area (Å²) >= 11 is 0. The Hall–Kier alpha value is -1.46. The molecule has 0 saturated carbocycles. The Morgan fingerprint density at radius 1 is 0.850 bits per heavy atom. The standard InChI is InChI=1S/C14H22O6/c1-3-9-7-17-13(15)19-11(9)5-6-12-10(4-2)8-18-14(16)20-12/h9-12H,3-8H2,1-2H3. The van der Waals surface area contributed by atoms with Crippen LogP contribution in [0, 0.1) is 11.8 Å². The highest BCUT2D eigenvalue weighted by molar-refractivity contribution is 5.61. The molecule has 0 N–H and O–H groups in total. The Kier molecular flexibility index (Phi) is 5.09. The zero-order valence-corrected chi connectivity index (χ0v) is 12.0. The molecule has 0 bridgehead atoms. The molecule has 114 valence electrons. The fraction of sp³-hybridized carbons (Fsp3) is 0.857. The summed E-state index contributed by atoms with van der Waals surface area (Å²) < 4.78 is 20.3. The third kappa shape index (κ3) is 3.55. The maximum absolute atomic E-state index is 11.2. The van der Waals surface area contributed by atoms with E-state index in [2.05, 4.69) is 0 Å². The first-order valence-corrected chi connectivity index (χ1v) is 7.30. The molecule has 20 heavy (non-hydrogen) atoms. The molecule has 4 atom stereocenters. The first-order valence-electron chi connectivity index (χ1n) is 7.30. The van der Waals surface area contributed by atoms with Crippen molar-refractivity contribution in [3.63, 3.8) is 0 Å². The van der Waals surface area contributed by atoms with Crippen molar-refractivity contribution < 1.29 is 28.5 Å². The smallest absolute Gasteiger partial charge is 0.434 e. The van der Waals surface area contributed by atoms with E-state index < -0.39 is 12.3 Å². The summed E-state index contributed by atoms with van der Waals surface area (Å²) in [4.78, 5) is 22.4. The van der Waals surface area contributed by atoms with Gasteiger partial charge >= 0.3 is 12.3 Å². The lowest BCUT2D eigenvalue weighted by atomic mass is 9.90. The Morgan fingerprint density at radius 3 is 1.60 bits per heavy atom. The van der Waals surface area contributed by atoms with Gasteiger partial charge in [-0.2, -0.15) is 0 Å². The molecule has 0 spiro atoms. The molecule has 0 amide bonds. The van der Waals surface area contributed by atoms with Crippen LogP contribution in [0.15, 0.2) is 0 Å². The van der Waals surface area contributed by atoms with E-state index in [0.29, 0.717) is 26.1 Å².